The molecule has 0 saturated carbocycles. The Labute approximate surface area is 157 Å². The number of hydrogen-bond donors (Lipinski definition) is 0. The van der Waals surface area contributed by atoms with Crippen LogP contribution in [0.4, 0.5) is 13.2 Å². The molecule has 2 unspecified atom stereocenters. The minimum atomic E-state index is -0.985. The summed E-state index contributed by atoms with van der Waals surface area (Å²) in [7, 11) is 1.34. The van der Waals surface area contributed by atoms with Crippen molar-refractivity contribution in [1.29, 1.82) is 0 Å². The molecule has 1 aliphatic rings. The van der Waals surface area contributed by atoms with Gasteiger partial charge in [-0.3, -0.25) is 0 Å². The van der Waals surface area contributed by atoms with Crippen molar-refractivity contribution in [2.45, 2.75) is 38.4 Å². The molecule has 2 atom stereocenters. The normalized spacial score (nSPS) is 19.9. The topological polar surface area (TPSA) is 27.7 Å². The number of halogens is 3. The third-order valence-electron chi connectivity index (χ3n) is 4.76. The van der Waals surface area contributed by atoms with E-state index in [2.05, 4.69) is 0 Å². The van der Waals surface area contributed by atoms with Gasteiger partial charge in [0.1, 0.15) is 0 Å². The first-order valence-electron chi connectivity index (χ1n) is 9.10. The van der Waals surface area contributed by atoms with Crippen LogP contribution in [0.15, 0.2) is 30.3 Å². The Balaban J connectivity index is 1.79. The average Bonchev–Trinajstić information content (AvgIpc) is 2.69. The van der Waals surface area contributed by atoms with Crippen molar-refractivity contribution in [3.05, 3.63) is 53.3 Å². The molecule has 0 radical (unpaired) electrons. The van der Waals surface area contributed by atoms with E-state index in [9.17, 15) is 13.2 Å². The summed E-state index contributed by atoms with van der Waals surface area (Å²) in [5.74, 6) is -2.71. The zero-order valence-electron chi connectivity index (χ0n) is 15.4. The van der Waals surface area contributed by atoms with Crippen LogP contribution >= 0.6 is 0 Å². The van der Waals surface area contributed by atoms with Crippen LogP contribution in [0.25, 0.3) is 11.1 Å². The summed E-state index contributed by atoms with van der Waals surface area (Å²) in [6, 6.07) is 7.06. The molecule has 1 fully saturated rings. The smallest absolute Gasteiger partial charge is 0.166 e. The molecule has 146 valence electrons. The maximum Gasteiger partial charge on any atom is 0.166 e. The van der Waals surface area contributed by atoms with Crippen LogP contribution in [-0.4, -0.2) is 26.6 Å². The van der Waals surface area contributed by atoms with E-state index in [-0.39, 0.29) is 41.3 Å². The highest BCUT2D eigenvalue weighted by atomic mass is 19.2. The number of ether oxygens (including phenoxy) is 3. The van der Waals surface area contributed by atoms with Crippen LogP contribution in [0, 0.1) is 17.5 Å². The molecule has 0 N–H and O–H groups in total. The Bertz CT molecular complexity index is 786. The molecular formula is C21H23F3O3. The molecule has 0 aliphatic carbocycles. The van der Waals surface area contributed by atoms with Gasteiger partial charge in [0.2, 0.25) is 0 Å². The number of benzene rings is 2. The molecule has 0 bridgehead atoms. The van der Waals surface area contributed by atoms with E-state index in [0.717, 1.165) is 12.5 Å². The van der Waals surface area contributed by atoms with Gasteiger partial charge in [-0.05, 0) is 42.5 Å². The van der Waals surface area contributed by atoms with Crippen molar-refractivity contribution in [2.24, 2.45) is 0 Å². The predicted octanol–water partition coefficient (Wildman–Crippen LogP) is 5.43. The molecule has 1 saturated heterocycles. The van der Waals surface area contributed by atoms with Crippen LogP contribution in [0.2, 0.25) is 0 Å². The van der Waals surface area contributed by atoms with Gasteiger partial charge in [0.15, 0.2) is 29.5 Å². The molecule has 2 aromatic rings. The molecule has 1 aliphatic heterocycles. The fourth-order valence-electron chi connectivity index (χ4n) is 3.29. The zero-order valence-corrected chi connectivity index (χ0v) is 15.4. The van der Waals surface area contributed by atoms with Gasteiger partial charge < -0.3 is 14.2 Å². The van der Waals surface area contributed by atoms with E-state index in [1.54, 1.807) is 6.07 Å². The van der Waals surface area contributed by atoms with Crippen LogP contribution in [0.3, 0.4) is 0 Å². The monoisotopic (exact) mass is 380 g/mol. The van der Waals surface area contributed by atoms with E-state index >= 15 is 0 Å². The van der Waals surface area contributed by atoms with E-state index in [1.807, 2.05) is 6.92 Å². The molecule has 1 heterocycles. The lowest BCUT2D eigenvalue weighted by molar-refractivity contribution is -0.167. The molecular weight excluding hydrogens is 357 g/mol. The number of hydrogen-bond acceptors (Lipinski definition) is 3. The van der Waals surface area contributed by atoms with Gasteiger partial charge in [0.05, 0.1) is 13.7 Å². The first-order chi connectivity index (χ1) is 13.0. The van der Waals surface area contributed by atoms with Crippen molar-refractivity contribution in [1.82, 2.24) is 0 Å². The average molecular weight is 380 g/mol. The summed E-state index contributed by atoms with van der Waals surface area (Å²) in [6.07, 6.45) is 1.91. The lowest BCUT2D eigenvalue weighted by Gasteiger charge is -2.29. The summed E-state index contributed by atoms with van der Waals surface area (Å²) in [5, 5.41) is 0. The molecule has 6 heteroatoms. The fourth-order valence-corrected chi connectivity index (χ4v) is 3.29. The van der Waals surface area contributed by atoms with E-state index < -0.39 is 17.5 Å². The minimum absolute atomic E-state index is 0.0127. The van der Waals surface area contributed by atoms with Crippen LogP contribution in [-0.2, 0) is 9.47 Å². The Morgan fingerprint density at radius 2 is 1.89 bits per heavy atom. The summed E-state index contributed by atoms with van der Waals surface area (Å²) >= 11 is 0. The van der Waals surface area contributed by atoms with Gasteiger partial charge in [0, 0.05) is 18.1 Å². The van der Waals surface area contributed by atoms with Crippen molar-refractivity contribution >= 4 is 0 Å². The highest BCUT2D eigenvalue weighted by Crippen LogP contribution is 2.35. The van der Waals surface area contributed by atoms with Crippen molar-refractivity contribution in [3.63, 3.8) is 0 Å². The Kier molecular flexibility index (Phi) is 6.39. The fraction of sp³-hybridized carbons (Fsp3) is 0.429. The molecule has 3 nitrogen and oxygen atoms in total. The first-order valence-corrected chi connectivity index (χ1v) is 9.10. The van der Waals surface area contributed by atoms with Gasteiger partial charge in [-0.15, -0.1) is 0 Å². The van der Waals surface area contributed by atoms with Crippen LogP contribution in [0.1, 0.15) is 37.7 Å². The van der Waals surface area contributed by atoms with Gasteiger partial charge >= 0.3 is 0 Å². The second-order valence-corrected chi connectivity index (χ2v) is 6.59. The number of methoxy groups -OCH3 is 1. The second-order valence-electron chi connectivity index (χ2n) is 6.59. The van der Waals surface area contributed by atoms with Crippen LogP contribution in [0.5, 0.6) is 5.75 Å². The SMILES string of the molecule is CCCOC1CCC(c2ccc(-c3ccc(OC)c(F)c3)c(F)c2F)CO1. The highest BCUT2D eigenvalue weighted by molar-refractivity contribution is 5.66. The first kappa shape index (κ1) is 19.7. The van der Waals surface area contributed by atoms with Crippen molar-refractivity contribution < 1.29 is 27.4 Å². The summed E-state index contributed by atoms with van der Waals surface area (Å²) in [4.78, 5) is 0. The van der Waals surface area contributed by atoms with E-state index in [0.29, 0.717) is 19.4 Å². The lowest BCUT2D eigenvalue weighted by atomic mass is 9.90. The van der Waals surface area contributed by atoms with Crippen molar-refractivity contribution in [2.75, 3.05) is 20.3 Å². The standard InChI is InChI=1S/C21H23F3O3/c1-3-10-26-19-9-5-14(12-27-19)16-7-6-15(20(23)21(16)24)13-4-8-18(25-2)17(22)11-13/h4,6-8,11,14,19H,3,5,9-10,12H2,1-2H3. The van der Waals surface area contributed by atoms with Crippen LogP contribution < -0.4 is 4.74 Å². The Morgan fingerprint density at radius 3 is 2.52 bits per heavy atom. The molecule has 0 spiro atoms. The van der Waals surface area contributed by atoms with Gasteiger partial charge in [-0.25, -0.2) is 13.2 Å². The Morgan fingerprint density at radius 1 is 1.07 bits per heavy atom. The minimum Gasteiger partial charge on any atom is -0.494 e. The molecule has 27 heavy (non-hydrogen) atoms. The molecule has 3 rings (SSSR count). The summed E-state index contributed by atoms with van der Waals surface area (Å²) in [5.41, 5.74) is 0.544. The lowest BCUT2D eigenvalue weighted by Crippen LogP contribution is -2.28. The zero-order chi connectivity index (χ0) is 19.4. The van der Waals surface area contributed by atoms with Gasteiger partial charge in [0.25, 0.3) is 0 Å². The van der Waals surface area contributed by atoms with Crippen molar-refractivity contribution in [3.8, 4) is 16.9 Å². The van der Waals surface area contributed by atoms with Gasteiger partial charge in [-0.1, -0.05) is 25.1 Å². The molecule has 0 aromatic heterocycles. The van der Waals surface area contributed by atoms with Gasteiger partial charge in [-0.2, -0.15) is 0 Å². The molecule has 0 amide bonds. The quantitative estimate of drug-likeness (QED) is 0.669. The largest absolute Gasteiger partial charge is 0.494 e. The predicted molar refractivity (Wildman–Crippen MR) is 96.3 cm³/mol. The second kappa shape index (κ2) is 8.76. The van der Waals surface area contributed by atoms with E-state index in [1.165, 1.54) is 25.3 Å². The maximum atomic E-state index is 14.7. The number of rotatable bonds is 6. The maximum absolute atomic E-state index is 14.7. The third kappa shape index (κ3) is 4.28. The third-order valence-corrected chi connectivity index (χ3v) is 4.76. The van der Waals surface area contributed by atoms with E-state index in [4.69, 9.17) is 14.2 Å². The summed E-state index contributed by atoms with van der Waals surface area (Å²) < 4.78 is 59.3. The highest BCUT2D eigenvalue weighted by Gasteiger charge is 2.27. The Hall–Kier alpha value is -2.05. The summed E-state index contributed by atoms with van der Waals surface area (Å²) in [6.45, 7) is 2.91. The molecule has 2 aromatic carbocycles.